The lowest BCUT2D eigenvalue weighted by Gasteiger charge is -2.29. The molecule has 2 aromatic rings. The quantitative estimate of drug-likeness (QED) is 0.196. The third-order valence-corrected chi connectivity index (χ3v) is 9.39. The van der Waals surface area contributed by atoms with E-state index in [2.05, 4.69) is 20.4 Å². The highest BCUT2D eigenvalue weighted by atomic mass is 31.2. The molecular weight excluding hydrogens is 598 g/mol. The number of anilines is 1. The molecule has 1 saturated carbocycles. The number of imidazole rings is 1. The van der Waals surface area contributed by atoms with E-state index in [1.807, 2.05) is 0 Å². The van der Waals surface area contributed by atoms with Crippen molar-refractivity contribution in [3.8, 4) is 5.75 Å². The number of esters is 1. The van der Waals surface area contributed by atoms with Crippen molar-refractivity contribution in [1.82, 2.24) is 14.6 Å². The predicted molar refractivity (Wildman–Crippen MR) is 157 cm³/mol. The van der Waals surface area contributed by atoms with Gasteiger partial charge in [0, 0.05) is 6.61 Å². The molecule has 3 aliphatic rings. The first-order chi connectivity index (χ1) is 21.0. The molecule has 3 unspecified atom stereocenters. The Labute approximate surface area is 255 Å². The Bertz CT molecular complexity index is 1370. The molecule has 242 valence electrons. The number of nitrogens with one attached hydrogen (secondary N) is 2. The van der Waals surface area contributed by atoms with Crippen LogP contribution >= 0.6 is 7.75 Å². The number of nitrogens with zero attached hydrogens (tertiary/aromatic N) is 3. The van der Waals surface area contributed by atoms with Crippen molar-refractivity contribution in [3.63, 3.8) is 0 Å². The van der Waals surface area contributed by atoms with E-state index in [0.29, 0.717) is 18.1 Å². The van der Waals surface area contributed by atoms with Gasteiger partial charge < -0.3 is 34.9 Å². The zero-order valence-electron chi connectivity index (χ0n) is 24.9. The summed E-state index contributed by atoms with van der Waals surface area (Å²) in [6.07, 6.45) is 0.295. The molecule has 0 spiro atoms. The largest absolute Gasteiger partial charge is 0.461 e. The van der Waals surface area contributed by atoms with E-state index in [1.165, 1.54) is 24.7 Å². The normalized spacial score (nSPS) is 29.2. The highest BCUT2D eigenvalue weighted by Gasteiger charge is 2.56. The molecule has 0 amide bonds. The van der Waals surface area contributed by atoms with E-state index in [1.54, 1.807) is 37.3 Å². The summed E-state index contributed by atoms with van der Waals surface area (Å²) in [5.41, 5.74) is 4.24. The number of carbonyl (C=O) groups is 1. The van der Waals surface area contributed by atoms with Crippen molar-refractivity contribution in [3.05, 3.63) is 42.4 Å². The van der Waals surface area contributed by atoms with E-state index in [-0.39, 0.29) is 17.8 Å². The Kier molecular flexibility index (Phi) is 9.93. The maximum atomic E-state index is 15.8. The monoisotopic (exact) mass is 638 g/mol. The number of ether oxygens (including phenoxy) is 3. The van der Waals surface area contributed by atoms with Gasteiger partial charge in [-0.1, -0.05) is 24.6 Å². The molecule has 3 heterocycles. The van der Waals surface area contributed by atoms with Gasteiger partial charge in [0.2, 0.25) is 0 Å². The fraction of sp³-hybridized carbons (Fsp3) is 0.607. The Balaban J connectivity index is 1.31. The molecule has 44 heavy (non-hydrogen) atoms. The summed E-state index contributed by atoms with van der Waals surface area (Å²) < 4.78 is 59.7. The maximum Gasteiger partial charge on any atom is 0.459 e. The molecular formula is C28H40FN6O8P. The second kappa shape index (κ2) is 13.5. The highest BCUT2D eigenvalue weighted by Crippen LogP contribution is 2.48. The van der Waals surface area contributed by atoms with Crippen LogP contribution in [0.25, 0.3) is 0 Å². The summed E-state index contributed by atoms with van der Waals surface area (Å²) >= 11 is 0. The van der Waals surface area contributed by atoms with E-state index in [9.17, 15) is 14.5 Å². The molecule has 0 bridgehead atoms. The summed E-state index contributed by atoms with van der Waals surface area (Å²) in [7, 11) is -4.31. The smallest absolute Gasteiger partial charge is 0.459 e. The van der Waals surface area contributed by atoms with Gasteiger partial charge in [-0.05, 0) is 58.6 Å². The van der Waals surface area contributed by atoms with Gasteiger partial charge in [0.15, 0.2) is 24.6 Å². The second-order valence-corrected chi connectivity index (χ2v) is 12.9. The summed E-state index contributed by atoms with van der Waals surface area (Å²) in [6, 6.07) is 7.15. The number of hydrogen-bond donors (Lipinski definition) is 4. The second-order valence-electron chi connectivity index (χ2n) is 11.2. The number of aromatic nitrogens is 2. The van der Waals surface area contributed by atoms with Crippen LogP contribution in [0.4, 0.5) is 10.2 Å². The average Bonchev–Trinajstić information content (AvgIpc) is 3.50. The standard InChI is InChI=1S/C28H40FN6O8P/c1-4-39-24-21-23(32-27(30)33-24)35(16-31-21)26-28(3,37)22(29)20(42-26)15-40-44(38,43-19-13-9-6-10-14-19)34-17(2)25(36)41-18-11-7-5-8-12-18/h6,9-10,13-14,16-18,20,22,24,26,37H,4-5,7-8,11-12,15H2,1-3H3,(H,34,38)(H3,30,32,33)/t17?,20-,22-,24?,26-,28-,44?/m1/s1. The fourth-order valence-electron chi connectivity index (χ4n) is 5.45. The molecule has 1 saturated heterocycles. The molecule has 5 rings (SSSR count). The minimum absolute atomic E-state index is 0.0493. The van der Waals surface area contributed by atoms with Crippen molar-refractivity contribution >= 4 is 25.5 Å². The van der Waals surface area contributed by atoms with E-state index in [0.717, 1.165) is 32.1 Å². The number of alkyl halides is 1. The lowest BCUT2D eigenvalue weighted by Crippen LogP contribution is -2.42. The van der Waals surface area contributed by atoms with Crippen LogP contribution in [0.15, 0.2) is 41.7 Å². The summed E-state index contributed by atoms with van der Waals surface area (Å²) in [4.78, 5) is 21.3. The van der Waals surface area contributed by atoms with Crippen LogP contribution in [-0.2, 0) is 28.1 Å². The summed E-state index contributed by atoms with van der Waals surface area (Å²) in [5.74, 6) is -0.0379. The first-order valence-electron chi connectivity index (χ1n) is 14.8. The Morgan fingerprint density at radius 3 is 2.75 bits per heavy atom. The number of carbonyl (C=O) groups excluding carboxylic acids is 1. The topological polar surface area (TPSA) is 181 Å². The van der Waals surface area contributed by atoms with Crippen molar-refractivity contribution in [2.75, 3.05) is 18.5 Å². The zero-order valence-corrected chi connectivity index (χ0v) is 25.8. The Hall–Kier alpha value is -3.07. The van der Waals surface area contributed by atoms with Gasteiger partial charge in [-0.2, -0.15) is 5.09 Å². The van der Waals surface area contributed by atoms with Gasteiger partial charge in [-0.3, -0.25) is 13.9 Å². The van der Waals surface area contributed by atoms with Crippen molar-refractivity contribution < 1.29 is 42.1 Å². The van der Waals surface area contributed by atoms with E-state index in [4.69, 9.17) is 29.0 Å². The minimum atomic E-state index is -4.31. The number of halogens is 1. The molecule has 5 N–H and O–H groups in total. The summed E-state index contributed by atoms with van der Waals surface area (Å²) in [6.45, 7) is 4.30. The maximum absolute atomic E-state index is 15.8. The molecule has 1 aliphatic carbocycles. The molecule has 0 radical (unpaired) electrons. The molecule has 16 heteroatoms. The zero-order chi connectivity index (χ0) is 31.5. The van der Waals surface area contributed by atoms with Crippen molar-refractivity contribution in [1.29, 1.82) is 0 Å². The number of aliphatic imine (C=N–C) groups is 1. The lowest BCUT2D eigenvalue weighted by molar-refractivity contribution is -0.152. The van der Waals surface area contributed by atoms with Crippen LogP contribution in [0.5, 0.6) is 5.75 Å². The van der Waals surface area contributed by atoms with Gasteiger partial charge >= 0.3 is 13.7 Å². The Morgan fingerprint density at radius 1 is 1.32 bits per heavy atom. The van der Waals surface area contributed by atoms with Crippen molar-refractivity contribution in [2.24, 2.45) is 10.7 Å². The lowest BCUT2D eigenvalue weighted by atomic mass is 9.98. The summed E-state index contributed by atoms with van der Waals surface area (Å²) in [5, 5.41) is 16.7. The number of hydrogen-bond acceptors (Lipinski definition) is 12. The number of para-hydroxylation sites is 1. The third-order valence-electron chi connectivity index (χ3n) is 7.74. The van der Waals surface area contributed by atoms with Crippen LogP contribution in [0.3, 0.4) is 0 Å². The SMILES string of the molecule is CCOC1N=C(N)Nc2c1ncn2[C@@H]1O[C@H](COP(=O)(NC(C)C(=O)OC2CCCCC2)Oc2ccccc2)[C@@H](F)[C@@]1(C)O. The van der Waals surface area contributed by atoms with Crippen LogP contribution in [0.2, 0.25) is 0 Å². The number of guanidine groups is 1. The van der Waals surface area contributed by atoms with Gasteiger partial charge in [-0.25, -0.2) is 18.9 Å². The number of fused-ring (bicyclic) bond motifs is 1. The molecule has 7 atom stereocenters. The number of rotatable bonds is 12. The first kappa shape index (κ1) is 32.3. The average molecular weight is 639 g/mol. The number of benzene rings is 1. The highest BCUT2D eigenvalue weighted by molar-refractivity contribution is 7.52. The number of nitrogens with two attached hydrogens (primary N) is 1. The first-order valence-corrected chi connectivity index (χ1v) is 16.3. The molecule has 14 nitrogen and oxygen atoms in total. The molecule has 2 fully saturated rings. The molecule has 1 aromatic carbocycles. The van der Waals surface area contributed by atoms with Crippen LogP contribution in [0.1, 0.15) is 71.0 Å². The van der Waals surface area contributed by atoms with Gasteiger partial charge in [0.1, 0.15) is 41.1 Å². The third kappa shape index (κ3) is 7.08. The van der Waals surface area contributed by atoms with Gasteiger partial charge in [0.25, 0.3) is 0 Å². The number of aliphatic hydroxyl groups is 1. The van der Waals surface area contributed by atoms with Crippen LogP contribution < -0.4 is 20.7 Å². The van der Waals surface area contributed by atoms with Crippen LogP contribution in [0, 0.1) is 0 Å². The van der Waals surface area contributed by atoms with E-state index < -0.39 is 56.7 Å². The fourth-order valence-corrected chi connectivity index (χ4v) is 6.96. The molecule has 2 aliphatic heterocycles. The van der Waals surface area contributed by atoms with Crippen LogP contribution in [-0.4, -0.2) is 69.8 Å². The molecule has 1 aromatic heterocycles. The van der Waals surface area contributed by atoms with E-state index >= 15 is 4.39 Å². The Morgan fingerprint density at radius 2 is 2.05 bits per heavy atom. The minimum Gasteiger partial charge on any atom is -0.461 e. The predicted octanol–water partition coefficient (Wildman–Crippen LogP) is 3.70. The van der Waals surface area contributed by atoms with Gasteiger partial charge in [-0.15, -0.1) is 0 Å². The van der Waals surface area contributed by atoms with Crippen molar-refractivity contribution in [2.45, 2.75) is 95.4 Å². The van der Waals surface area contributed by atoms with Gasteiger partial charge in [0.05, 0.1) is 12.9 Å².